The molecule has 0 spiro atoms. The summed E-state index contributed by atoms with van der Waals surface area (Å²) >= 11 is 0. The molecule has 0 fully saturated rings. The smallest absolute Gasteiger partial charge is 0.250 e. The minimum absolute atomic E-state index is 0.326. The number of ether oxygens (including phenoxy) is 2. The minimum atomic E-state index is -0.511. The average Bonchev–Trinajstić information content (AvgIpc) is 2.74. The first-order valence-corrected chi connectivity index (χ1v) is 9.42. The molecule has 0 aliphatic heterocycles. The predicted molar refractivity (Wildman–Crippen MR) is 112 cm³/mol. The molecule has 1 atom stereocenters. The van der Waals surface area contributed by atoms with Crippen LogP contribution in [0.15, 0.2) is 66.9 Å². The van der Waals surface area contributed by atoms with E-state index in [1.165, 1.54) is 17.3 Å². The van der Waals surface area contributed by atoms with Gasteiger partial charge in [0.15, 0.2) is 0 Å². The normalized spacial score (nSPS) is 11.7. The van der Waals surface area contributed by atoms with E-state index >= 15 is 0 Å². The molecule has 2 aromatic carbocycles. The predicted octanol–water partition coefficient (Wildman–Crippen LogP) is 3.70. The van der Waals surface area contributed by atoms with Crippen LogP contribution in [0.2, 0.25) is 0 Å². The van der Waals surface area contributed by atoms with Gasteiger partial charge in [-0.1, -0.05) is 24.3 Å². The molecule has 1 aromatic heterocycles. The number of pyridine rings is 1. The van der Waals surface area contributed by atoms with Crippen molar-refractivity contribution < 1.29 is 14.3 Å². The molecule has 0 radical (unpaired) electrons. The van der Waals surface area contributed by atoms with Gasteiger partial charge < -0.3 is 20.5 Å². The molecule has 150 valence electrons. The van der Waals surface area contributed by atoms with Gasteiger partial charge in [-0.05, 0) is 54.8 Å². The van der Waals surface area contributed by atoms with E-state index in [9.17, 15) is 4.79 Å². The second kappa shape index (κ2) is 9.71. The first-order valence-electron chi connectivity index (χ1n) is 9.42. The third-order valence-electron chi connectivity index (χ3n) is 4.52. The van der Waals surface area contributed by atoms with Gasteiger partial charge >= 0.3 is 0 Å². The topological polar surface area (TPSA) is 86.5 Å². The Labute approximate surface area is 170 Å². The molecule has 1 amide bonds. The molecule has 6 heteroatoms. The summed E-state index contributed by atoms with van der Waals surface area (Å²) in [5, 5.41) is 3.53. The molecule has 0 saturated heterocycles. The van der Waals surface area contributed by atoms with E-state index in [0.717, 1.165) is 18.7 Å². The van der Waals surface area contributed by atoms with E-state index in [4.69, 9.17) is 15.2 Å². The molecule has 3 aromatic rings. The Morgan fingerprint density at radius 1 is 1.00 bits per heavy atom. The first-order chi connectivity index (χ1) is 14.0. The molecule has 1 heterocycles. The maximum Gasteiger partial charge on any atom is 0.250 e. The van der Waals surface area contributed by atoms with E-state index in [1.807, 2.05) is 36.4 Å². The maximum absolute atomic E-state index is 11.1. The monoisotopic (exact) mass is 391 g/mol. The Kier molecular flexibility index (Phi) is 6.81. The van der Waals surface area contributed by atoms with Crippen LogP contribution in [0.1, 0.15) is 28.4 Å². The van der Waals surface area contributed by atoms with Crippen LogP contribution in [0.5, 0.6) is 17.4 Å². The van der Waals surface area contributed by atoms with Gasteiger partial charge in [0.1, 0.15) is 11.5 Å². The van der Waals surface area contributed by atoms with Gasteiger partial charge in [-0.2, -0.15) is 0 Å². The fraction of sp³-hybridized carbons (Fsp3) is 0.217. The number of nitrogens with one attached hydrogen (secondary N) is 1. The number of primary amides is 1. The fourth-order valence-electron chi connectivity index (χ4n) is 2.86. The second-order valence-corrected chi connectivity index (χ2v) is 6.83. The van der Waals surface area contributed by atoms with Crippen LogP contribution in [0.25, 0.3) is 0 Å². The van der Waals surface area contributed by atoms with Crippen molar-refractivity contribution in [1.82, 2.24) is 10.3 Å². The highest BCUT2D eigenvalue weighted by molar-refractivity contribution is 5.92. The largest absolute Gasteiger partial charge is 0.497 e. The lowest BCUT2D eigenvalue weighted by molar-refractivity contribution is 0.1000. The number of amides is 1. The molecule has 1 unspecified atom stereocenters. The van der Waals surface area contributed by atoms with Gasteiger partial charge in [0, 0.05) is 24.8 Å². The van der Waals surface area contributed by atoms with E-state index in [0.29, 0.717) is 23.2 Å². The van der Waals surface area contributed by atoms with Crippen LogP contribution in [-0.2, 0) is 13.0 Å². The maximum atomic E-state index is 11.1. The zero-order valence-corrected chi connectivity index (χ0v) is 16.6. The Morgan fingerprint density at radius 3 is 2.24 bits per heavy atom. The van der Waals surface area contributed by atoms with Gasteiger partial charge in [0.2, 0.25) is 11.8 Å². The molecule has 0 aliphatic carbocycles. The summed E-state index contributed by atoms with van der Waals surface area (Å²) < 4.78 is 10.9. The van der Waals surface area contributed by atoms with Crippen LogP contribution < -0.4 is 20.5 Å². The van der Waals surface area contributed by atoms with Crippen LogP contribution in [0, 0.1) is 0 Å². The van der Waals surface area contributed by atoms with E-state index in [-0.39, 0.29) is 0 Å². The van der Waals surface area contributed by atoms with E-state index in [2.05, 4.69) is 29.4 Å². The quantitative estimate of drug-likeness (QED) is 0.581. The summed E-state index contributed by atoms with van der Waals surface area (Å²) in [6, 6.07) is 19.5. The SMILES string of the molecule is COc1ccc(CNC(C)Cc2ccc(Oc3ccc(C(N)=O)cn3)cc2)cc1. The summed E-state index contributed by atoms with van der Waals surface area (Å²) in [6.07, 6.45) is 2.31. The summed E-state index contributed by atoms with van der Waals surface area (Å²) in [6.45, 7) is 2.97. The number of carbonyl (C=O) groups excluding carboxylic acids is 1. The highest BCUT2D eigenvalue weighted by atomic mass is 16.5. The van der Waals surface area contributed by atoms with E-state index < -0.39 is 5.91 Å². The summed E-state index contributed by atoms with van der Waals surface area (Å²) in [5.41, 5.74) is 7.99. The molecule has 6 nitrogen and oxygen atoms in total. The Hall–Kier alpha value is -3.38. The lowest BCUT2D eigenvalue weighted by Gasteiger charge is -2.14. The number of hydrogen-bond donors (Lipinski definition) is 2. The fourth-order valence-corrected chi connectivity index (χ4v) is 2.86. The zero-order valence-electron chi connectivity index (χ0n) is 16.6. The molecular weight excluding hydrogens is 366 g/mol. The molecule has 29 heavy (non-hydrogen) atoms. The van der Waals surface area contributed by atoms with Gasteiger partial charge in [-0.3, -0.25) is 4.79 Å². The Morgan fingerprint density at radius 2 is 1.66 bits per heavy atom. The number of methoxy groups -OCH3 is 1. The third kappa shape index (κ3) is 6.05. The molecule has 0 bridgehead atoms. The van der Waals surface area contributed by atoms with Crippen molar-refractivity contribution in [2.24, 2.45) is 5.73 Å². The molecule has 3 N–H and O–H groups in total. The average molecular weight is 391 g/mol. The van der Waals surface area contributed by atoms with Crippen molar-refractivity contribution in [2.45, 2.75) is 25.9 Å². The highest BCUT2D eigenvalue weighted by Gasteiger charge is 2.06. The van der Waals surface area contributed by atoms with Crippen LogP contribution >= 0.6 is 0 Å². The number of nitrogens with two attached hydrogens (primary N) is 1. The van der Waals surface area contributed by atoms with Crippen LogP contribution in [0.4, 0.5) is 0 Å². The molecule has 0 saturated carbocycles. The van der Waals surface area contributed by atoms with Crippen molar-refractivity contribution in [3.05, 3.63) is 83.6 Å². The summed E-state index contributed by atoms with van der Waals surface area (Å²) in [4.78, 5) is 15.2. The Bertz CT molecular complexity index is 923. The molecular formula is C23H25N3O3. The standard InChI is InChI=1S/C23H25N3O3/c1-16(25-14-18-5-8-20(28-2)9-6-18)13-17-3-10-21(11-4-17)29-22-12-7-19(15-26-22)23(24)27/h3-12,15-16,25H,13-14H2,1-2H3,(H2,24,27). The third-order valence-corrected chi connectivity index (χ3v) is 4.52. The van der Waals surface area contributed by atoms with E-state index in [1.54, 1.807) is 19.2 Å². The van der Waals surface area contributed by atoms with Gasteiger partial charge in [0.05, 0.1) is 12.7 Å². The number of aromatic nitrogens is 1. The van der Waals surface area contributed by atoms with Gasteiger partial charge in [-0.15, -0.1) is 0 Å². The second-order valence-electron chi connectivity index (χ2n) is 6.83. The number of carbonyl (C=O) groups is 1. The van der Waals surface area contributed by atoms with Crippen molar-refractivity contribution >= 4 is 5.91 Å². The lowest BCUT2D eigenvalue weighted by atomic mass is 10.1. The zero-order chi connectivity index (χ0) is 20.6. The van der Waals surface area contributed by atoms with Gasteiger partial charge in [-0.25, -0.2) is 4.98 Å². The molecule has 0 aliphatic rings. The number of nitrogens with zero attached hydrogens (tertiary/aromatic N) is 1. The Balaban J connectivity index is 1.49. The number of rotatable bonds is 9. The van der Waals surface area contributed by atoms with Crippen molar-refractivity contribution in [3.8, 4) is 17.4 Å². The lowest BCUT2D eigenvalue weighted by Crippen LogP contribution is -2.27. The van der Waals surface area contributed by atoms with Crippen molar-refractivity contribution in [1.29, 1.82) is 0 Å². The van der Waals surface area contributed by atoms with Crippen molar-refractivity contribution in [3.63, 3.8) is 0 Å². The number of benzene rings is 2. The first kappa shape index (κ1) is 20.4. The van der Waals surface area contributed by atoms with Gasteiger partial charge in [0.25, 0.3) is 0 Å². The summed E-state index contributed by atoms with van der Waals surface area (Å²) in [7, 11) is 1.67. The summed E-state index contributed by atoms with van der Waals surface area (Å²) in [5.74, 6) is 1.45. The molecule has 3 rings (SSSR count). The van der Waals surface area contributed by atoms with Crippen molar-refractivity contribution in [2.75, 3.05) is 7.11 Å². The minimum Gasteiger partial charge on any atom is -0.497 e. The van der Waals surface area contributed by atoms with Crippen LogP contribution in [-0.4, -0.2) is 24.0 Å². The van der Waals surface area contributed by atoms with Crippen LogP contribution in [0.3, 0.4) is 0 Å². The highest BCUT2D eigenvalue weighted by Crippen LogP contribution is 2.20. The number of hydrogen-bond acceptors (Lipinski definition) is 5.